The fraction of sp³-hybridized carbons (Fsp3) is 0.467. The summed E-state index contributed by atoms with van der Waals surface area (Å²) in [5.74, 6) is 1.82. The molecule has 2 aliphatic carbocycles. The quantitative estimate of drug-likeness (QED) is 0.368. The molecule has 3 aromatic carbocycles. The van der Waals surface area contributed by atoms with Crippen LogP contribution >= 0.6 is 11.9 Å². The zero-order chi connectivity index (χ0) is 22.0. The molecule has 1 fully saturated rings. The van der Waals surface area contributed by atoms with E-state index in [1.165, 1.54) is 80.1 Å². The van der Waals surface area contributed by atoms with E-state index in [1.54, 1.807) is 23.1 Å². The maximum absolute atomic E-state index is 3.76. The Morgan fingerprint density at radius 1 is 0.758 bits per heavy atom. The van der Waals surface area contributed by atoms with Crippen molar-refractivity contribution >= 4 is 22.7 Å². The molecule has 5 rings (SSSR count). The van der Waals surface area contributed by atoms with E-state index in [0.717, 1.165) is 11.8 Å². The molecular formula is C30H42N2S. The first-order chi connectivity index (χ1) is 15.8. The molecule has 1 saturated carbocycles. The zero-order valence-electron chi connectivity index (χ0n) is 19.5. The Kier molecular flexibility index (Phi) is 10.8. The van der Waals surface area contributed by atoms with Gasteiger partial charge in [0.2, 0.25) is 0 Å². The minimum Gasteiger partial charge on any atom is -0.316 e. The van der Waals surface area contributed by atoms with E-state index in [-0.39, 0.29) is 7.43 Å². The molecule has 0 amide bonds. The van der Waals surface area contributed by atoms with Crippen LogP contribution in [-0.2, 0) is 12.8 Å². The molecule has 2 N–H and O–H groups in total. The van der Waals surface area contributed by atoms with E-state index in [0.29, 0.717) is 0 Å². The van der Waals surface area contributed by atoms with Crippen LogP contribution in [0.1, 0.15) is 57.1 Å². The highest BCUT2D eigenvalue weighted by Crippen LogP contribution is 2.26. The van der Waals surface area contributed by atoms with E-state index < -0.39 is 0 Å². The fourth-order valence-corrected chi connectivity index (χ4v) is 5.89. The molecule has 0 aliphatic heterocycles. The van der Waals surface area contributed by atoms with Gasteiger partial charge in [0.25, 0.3) is 0 Å². The molecular weight excluding hydrogens is 420 g/mol. The Hall–Kier alpha value is -1.81. The van der Waals surface area contributed by atoms with Crippen molar-refractivity contribution in [3.05, 3.63) is 77.9 Å². The number of fused-ring (bicyclic) bond motifs is 2. The smallest absolute Gasteiger partial charge is 0.0306 e. The third-order valence-electron chi connectivity index (χ3n) is 7.00. The predicted octanol–water partition coefficient (Wildman–Crippen LogP) is 7.66. The normalized spacial score (nSPS) is 18.0. The van der Waals surface area contributed by atoms with Crippen LogP contribution in [0.3, 0.4) is 0 Å². The number of rotatable bonds is 6. The first-order valence-corrected chi connectivity index (χ1v) is 13.2. The highest BCUT2D eigenvalue weighted by atomic mass is 32.2. The van der Waals surface area contributed by atoms with Crippen molar-refractivity contribution in [2.45, 2.75) is 63.7 Å². The van der Waals surface area contributed by atoms with Gasteiger partial charge in [-0.1, -0.05) is 87.4 Å². The van der Waals surface area contributed by atoms with Crippen molar-refractivity contribution in [1.82, 2.24) is 10.0 Å². The number of hydrogen-bond acceptors (Lipinski definition) is 3. The summed E-state index contributed by atoms with van der Waals surface area (Å²) < 4.78 is 3.09. The molecule has 3 heteroatoms. The van der Waals surface area contributed by atoms with Gasteiger partial charge < -0.3 is 5.32 Å². The highest BCUT2D eigenvalue weighted by Gasteiger charge is 2.19. The van der Waals surface area contributed by atoms with Gasteiger partial charge in [0.05, 0.1) is 0 Å². The first-order valence-electron chi connectivity index (χ1n) is 12.4. The van der Waals surface area contributed by atoms with Crippen LogP contribution in [0.15, 0.2) is 71.6 Å². The summed E-state index contributed by atoms with van der Waals surface area (Å²) in [6.45, 7) is 2.49. The van der Waals surface area contributed by atoms with Gasteiger partial charge in [0, 0.05) is 4.90 Å². The molecule has 0 heterocycles. The molecule has 178 valence electrons. The monoisotopic (exact) mass is 462 g/mol. The molecule has 2 aliphatic rings. The Labute approximate surface area is 206 Å². The van der Waals surface area contributed by atoms with Gasteiger partial charge in [-0.05, 0) is 104 Å². The molecule has 2 nitrogen and oxygen atoms in total. The van der Waals surface area contributed by atoms with Crippen LogP contribution in [-0.4, -0.2) is 20.1 Å². The van der Waals surface area contributed by atoms with Crippen LogP contribution in [0.25, 0.3) is 10.8 Å². The first kappa shape index (κ1) is 25.8. The highest BCUT2D eigenvalue weighted by molar-refractivity contribution is 7.97. The summed E-state index contributed by atoms with van der Waals surface area (Å²) in [4.78, 5) is 1.28. The molecule has 0 radical (unpaired) electrons. The lowest BCUT2D eigenvalue weighted by Gasteiger charge is -2.27. The minimum atomic E-state index is 0. The molecule has 3 aromatic rings. The Morgan fingerprint density at radius 2 is 1.45 bits per heavy atom. The van der Waals surface area contributed by atoms with Crippen molar-refractivity contribution in [3.8, 4) is 0 Å². The average Bonchev–Trinajstić information content (AvgIpc) is 2.85. The molecule has 0 bridgehead atoms. The van der Waals surface area contributed by atoms with E-state index in [2.05, 4.69) is 76.8 Å². The van der Waals surface area contributed by atoms with Gasteiger partial charge in [0.15, 0.2) is 0 Å². The SMILES string of the molecule is C.CNSc1cccc2ccccc12.c1ccc2c(c1)CCC(CNCC1CCCCC1)C2. The van der Waals surface area contributed by atoms with Crippen molar-refractivity contribution in [2.75, 3.05) is 20.1 Å². The predicted molar refractivity (Wildman–Crippen MR) is 147 cm³/mol. The van der Waals surface area contributed by atoms with Crippen LogP contribution < -0.4 is 10.0 Å². The standard InChI is InChI=1S/C18H27N.C11H11NS.CH4/c1-2-6-15(7-3-1)13-19-14-16-10-11-17-8-4-5-9-18(17)12-16;1-12-13-11-8-4-6-9-5-2-3-7-10(9)11;/h4-5,8-9,15-16,19H,1-3,6-7,10-14H2;2-8,12H,1H3;1H4. The summed E-state index contributed by atoms with van der Waals surface area (Å²) in [6.07, 6.45) is 11.2. The van der Waals surface area contributed by atoms with Crippen molar-refractivity contribution in [3.63, 3.8) is 0 Å². The number of aryl methyl sites for hydroxylation is 1. The third kappa shape index (κ3) is 7.60. The van der Waals surface area contributed by atoms with E-state index >= 15 is 0 Å². The Bertz CT molecular complexity index is 959. The molecule has 0 aromatic heterocycles. The van der Waals surface area contributed by atoms with Gasteiger partial charge in [-0.15, -0.1) is 0 Å². The van der Waals surface area contributed by atoms with Gasteiger partial charge in [-0.3, -0.25) is 4.72 Å². The number of benzene rings is 3. The van der Waals surface area contributed by atoms with Crippen LogP contribution in [0.2, 0.25) is 0 Å². The summed E-state index contributed by atoms with van der Waals surface area (Å²) in [7, 11) is 1.94. The van der Waals surface area contributed by atoms with E-state index in [4.69, 9.17) is 0 Å². The summed E-state index contributed by atoms with van der Waals surface area (Å²) in [5.41, 5.74) is 3.18. The minimum absolute atomic E-state index is 0. The lowest BCUT2D eigenvalue weighted by Crippen LogP contribution is -2.31. The summed E-state index contributed by atoms with van der Waals surface area (Å²) in [6, 6.07) is 23.8. The Morgan fingerprint density at radius 3 is 2.27 bits per heavy atom. The largest absolute Gasteiger partial charge is 0.316 e. The average molecular weight is 463 g/mol. The maximum atomic E-state index is 3.76. The molecule has 33 heavy (non-hydrogen) atoms. The number of nitrogens with one attached hydrogen (secondary N) is 2. The van der Waals surface area contributed by atoms with Crippen molar-refractivity contribution in [2.24, 2.45) is 11.8 Å². The molecule has 1 atom stereocenters. The van der Waals surface area contributed by atoms with E-state index in [9.17, 15) is 0 Å². The number of hydrogen-bond donors (Lipinski definition) is 2. The second-order valence-corrected chi connectivity index (χ2v) is 10.4. The van der Waals surface area contributed by atoms with Crippen molar-refractivity contribution in [1.29, 1.82) is 0 Å². The molecule has 0 saturated heterocycles. The van der Waals surface area contributed by atoms with Crippen molar-refractivity contribution < 1.29 is 0 Å². The molecule has 1 unspecified atom stereocenters. The van der Waals surface area contributed by atoms with Gasteiger partial charge >= 0.3 is 0 Å². The van der Waals surface area contributed by atoms with Gasteiger partial charge in [0.1, 0.15) is 0 Å². The summed E-state index contributed by atoms with van der Waals surface area (Å²) in [5, 5.41) is 6.36. The third-order valence-corrected chi connectivity index (χ3v) is 7.78. The fourth-order valence-electron chi connectivity index (χ4n) is 5.22. The maximum Gasteiger partial charge on any atom is 0.0306 e. The van der Waals surface area contributed by atoms with Gasteiger partial charge in [-0.25, -0.2) is 0 Å². The summed E-state index contributed by atoms with van der Waals surface area (Å²) >= 11 is 1.65. The van der Waals surface area contributed by atoms with Gasteiger partial charge in [-0.2, -0.15) is 0 Å². The van der Waals surface area contributed by atoms with Crippen LogP contribution in [0, 0.1) is 11.8 Å². The molecule has 0 spiro atoms. The second kappa shape index (κ2) is 13.8. The Balaban J connectivity index is 0.000000192. The lowest BCUT2D eigenvalue weighted by atomic mass is 9.83. The zero-order valence-corrected chi connectivity index (χ0v) is 20.3. The van der Waals surface area contributed by atoms with Crippen LogP contribution in [0.4, 0.5) is 0 Å². The lowest BCUT2D eigenvalue weighted by molar-refractivity contribution is 0.326. The van der Waals surface area contributed by atoms with E-state index in [1.807, 2.05) is 7.05 Å². The second-order valence-electron chi connectivity index (χ2n) is 9.32. The topological polar surface area (TPSA) is 24.1 Å². The van der Waals surface area contributed by atoms with Crippen LogP contribution in [0.5, 0.6) is 0 Å².